The van der Waals surface area contributed by atoms with Crippen LogP contribution in [0.2, 0.25) is 0 Å². The number of anilines is 1. The number of hydrogen-bond donors (Lipinski definition) is 2. The molecule has 1 saturated heterocycles. The van der Waals surface area contributed by atoms with E-state index in [-0.39, 0.29) is 28.4 Å². The lowest BCUT2D eigenvalue weighted by molar-refractivity contribution is 0.193. The van der Waals surface area contributed by atoms with Crippen molar-refractivity contribution >= 4 is 22.9 Å². The molecule has 1 aliphatic heterocycles. The summed E-state index contributed by atoms with van der Waals surface area (Å²) >= 11 is 0. The van der Waals surface area contributed by atoms with Crippen LogP contribution in [-0.4, -0.2) is 49.0 Å². The zero-order valence-corrected chi connectivity index (χ0v) is 21.8. The summed E-state index contributed by atoms with van der Waals surface area (Å²) in [7, 11) is 0. The van der Waals surface area contributed by atoms with Gasteiger partial charge in [-0.05, 0) is 54.0 Å². The standard InChI is InChI=1S/C28H33N7O2/c1-18-6-5-7-22(16-18)29-27(37)34-14-12-20(13-15-34)24-30-25-23(26(36)31-24)32-33-35(25)17-19-8-10-21(11-9-19)28(2,3)4/h5-11,16,20H,12-15,17H2,1-4H3,(H,29,37)(H,30,31,36). The molecule has 4 aromatic rings. The van der Waals surface area contributed by atoms with Crippen molar-refractivity contribution in [2.45, 2.75) is 58.4 Å². The van der Waals surface area contributed by atoms with Gasteiger partial charge in [0.25, 0.3) is 5.56 Å². The molecule has 2 aromatic heterocycles. The van der Waals surface area contributed by atoms with Crippen LogP contribution in [0.3, 0.4) is 0 Å². The fourth-order valence-electron chi connectivity index (χ4n) is 4.75. The number of carbonyl (C=O) groups is 1. The molecule has 9 nitrogen and oxygen atoms in total. The van der Waals surface area contributed by atoms with Gasteiger partial charge in [0.15, 0.2) is 11.2 Å². The van der Waals surface area contributed by atoms with Crippen LogP contribution in [0.5, 0.6) is 0 Å². The number of amides is 2. The minimum atomic E-state index is -0.283. The molecule has 0 spiro atoms. The number of aromatic nitrogens is 5. The molecule has 0 radical (unpaired) electrons. The summed E-state index contributed by atoms with van der Waals surface area (Å²) in [5, 5.41) is 11.3. The summed E-state index contributed by atoms with van der Waals surface area (Å²) in [5.74, 6) is 0.678. The molecule has 0 bridgehead atoms. The quantitative estimate of drug-likeness (QED) is 0.427. The van der Waals surface area contributed by atoms with Gasteiger partial charge in [-0.15, -0.1) is 5.10 Å². The lowest BCUT2D eigenvalue weighted by Crippen LogP contribution is -2.41. The second kappa shape index (κ2) is 9.80. The second-order valence-corrected chi connectivity index (χ2v) is 10.9. The average Bonchev–Trinajstić information content (AvgIpc) is 3.27. The third-order valence-electron chi connectivity index (χ3n) is 6.98. The molecular formula is C28H33N7O2. The number of H-pyrrole nitrogens is 1. The van der Waals surface area contributed by atoms with E-state index in [1.54, 1.807) is 4.68 Å². The van der Waals surface area contributed by atoms with Crippen molar-refractivity contribution in [2.75, 3.05) is 18.4 Å². The minimum Gasteiger partial charge on any atom is -0.324 e. The van der Waals surface area contributed by atoms with Crippen molar-refractivity contribution in [3.63, 3.8) is 0 Å². The average molecular weight is 500 g/mol. The molecule has 192 valence electrons. The molecule has 0 saturated carbocycles. The first-order valence-corrected chi connectivity index (χ1v) is 12.7. The molecule has 1 fully saturated rings. The molecular weight excluding hydrogens is 466 g/mol. The highest BCUT2D eigenvalue weighted by molar-refractivity contribution is 5.89. The van der Waals surface area contributed by atoms with Gasteiger partial charge >= 0.3 is 6.03 Å². The fraction of sp³-hybridized carbons (Fsp3) is 0.393. The van der Waals surface area contributed by atoms with E-state index in [1.807, 2.05) is 36.1 Å². The largest absolute Gasteiger partial charge is 0.324 e. The molecule has 2 aromatic carbocycles. The third-order valence-corrected chi connectivity index (χ3v) is 6.98. The second-order valence-electron chi connectivity index (χ2n) is 10.9. The van der Waals surface area contributed by atoms with E-state index >= 15 is 0 Å². The van der Waals surface area contributed by atoms with Crippen LogP contribution in [0.1, 0.15) is 62.0 Å². The van der Waals surface area contributed by atoms with Crippen LogP contribution in [0.4, 0.5) is 10.5 Å². The summed E-state index contributed by atoms with van der Waals surface area (Å²) in [6.45, 7) is 10.2. The molecule has 0 atom stereocenters. The van der Waals surface area contributed by atoms with Gasteiger partial charge in [0.2, 0.25) is 0 Å². The van der Waals surface area contributed by atoms with Crippen LogP contribution in [-0.2, 0) is 12.0 Å². The van der Waals surface area contributed by atoms with E-state index < -0.39 is 0 Å². The molecule has 5 rings (SSSR count). The van der Waals surface area contributed by atoms with E-state index in [4.69, 9.17) is 4.98 Å². The first kappa shape index (κ1) is 24.7. The molecule has 37 heavy (non-hydrogen) atoms. The zero-order chi connectivity index (χ0) is 26.2. The van der Waals surface area contributed by atoms with Gasteiger partial charge in [-0.25, -0.2) is 14.5 Å². The summed E-state index contributed by atoms with van der Waals surface area (Å²) in [5.41, 5.74) is 4.73. The van der Waals surface area contributed by atoms with Crippen molar-refractivity contribution in [3.8, 4) is 0 Å². The van der Waals surface area contributed by atoms with E-state index in [9.17, 15) is 9.59 Å². The number of nitrogens with zero attached hydrogens (tertiary/aromatic N) is 5. The fourth-order valence-corrected chi connectivity index (χ4v) is 4.75. The maximum Gasteiger partial charge on any atom is 0.321 e. The van der Waals surface area contributed by atoms with Gasteiger partial charge in [0, 0.05) is 24.7 Å². The molecule has 2 amide bonds. The Balaban J connectivity index is 1.29. The monoisotopic (exact) mass is 499 g/mol. The topological polar surface area (TPSA) is 109 Å². The number of likely N-dealkylation sites (tertiary alicyclic amines) is 1. The number of aryl methyl sites for hydroxylation is 1. The molecule has 9 heteroatoms. The summed E-state index contributed by atoms with van der Waals surface area (Å²) in [4.78, 5) is 35.0. The Kier molecular flexibility index (Phi) is 6.54. The highest BCUT2D eigenvalue weighted by Crippen LogP contribution is 2.27. The number of aromatic amines is 1. The Labute approximate surface area is 215 Å². The smallest absolute Gasteiger partial charge is 0.321 e. The van der Waals surface area contributed by atoms with Crippen molar-refractivity contribution in [3.05, 3.63) is 81.4 Å². The number of rotatable bonds is 4. The Morgan fingerprint density at radius 1 is 1.11 bits per heavy atom. The molecule has 1 aliphatic rings. The number of carbonyl (C=O) groups excluding carboxylic acids is 1. The number of nitrogens with one attached hydrogen (secondary N) is 2. The van der Waals surface area contributed by atoms with Crippen LogP contribution < -0.4 is 10.9 Å². The number of urea groups is 1. The Morgan fingerprint density at radius 2 is 1.84 bits per heavy atom. The maximum atomic E-state index is 12.8. The van der Waals surface area contributed by atoms with Crippen LogP contribution in [0.15, 0.2) is 53.3 Å². The summed E-state index contributed by atoms with van der Waals surface area (Å²) in [6, 6.07) is 16.1. The van der Waals surface area contributed by atoms with Gasteiger partial charge in [-0.3, -0.25) is 4.79 Å². The summed E-state index contributed by atoms with van der Waals surface area (Å²) in [6.07, 6.45) is 1.43. The van der Waals surface area contributed by atoms with E-state index in [0.29, 0.717) is 43.9 Å². The first-order chi connectivity index (χ1) is 17.7. The highest BCUT2D eigenvalue weighted by atomic mass is 16.2. The SMILES string of the molecule is Cc1cccc(NC(=O)N2CCC(c3nc4c(nnn4Cc4ccc(C(C)(C)C)cc4)c(=O)[nH]3)CC2)c1. The normalized spacial score (nSPS) is 14.8. The maximum absolute atomic E-state index is 12.8. The number of fused-ring (bicyclic) bond motifs is 1. The Bertz CT molecular complexity index is 1470. The van der Waals surface area contributed by atoms with Crippen LogP contribution >= 0.6 is 0 Å². The lowest BCUT2D eigenvalue weighted by atomic mass is 9.87. The van der Waals surface area contributed by atoms with Gasteiger partial charge in [0.1, 0.15) is 5.82 Å². The molecule has 3 heterocycles. The van der Waals surface area contributed by atoms with Crippen molar-refractivity contribution < 1.29 is 4.79 Å². The van der Waals surface area contributed by atoms with Crippen molar-refractivity contribution in [1.82, 2.24) is 29.9 Å². The lowest BCUT2D eigenvalue weighted by Gasteiger charge is -2.31. The molecule has 0 aliphatic carbocycles. The zero-order valence-electron chi connectivity index (χ0n) is 21.8. The van der Waals surface area contributed by atoms with Crippen LogP contribution in [0.25, 0.3) is 11.2 Å². The van der Waals surface area contributed by atoms with E-state index in [2.05, 4.69) is 65.6 Å². The molecule has 0 unspecified atom stereocenters. The Hall–Kier alpha value is -4.01. The first-order valence-electron chi connectivity index (χ1n) is 12.7. The predicted octanol–water partition coefficient (Wildman–Crippen LogP) is 4.58. The number of benzene rings is 2. The predicted molar refractivity (Wildman–Crippen MR) is 144 cm³/mol. The summed E-state index contributed by atoms with van der Waals surface area (Å²) < 4.78 is 1.69. The van der Waals surface area contributed by atoms with Gasteiger partial charge in [-0.1, -0.05) is 62.4 Å². The number of hydrogen-bond acceptors (Lipinski definition) is 5. The van der Waals surface area contributed by atoms with E-state index in [1.165, 1.54) is 5.56 Å². The van der Waals surface area contributed by atoms with Gasteiger partial charge in [-0.2, -0.15) is 0 Å². The number of piperidine rings is 1. The molecule has 2 N–H and O–H groups in total. The van der Waals surface area contributed by atoms with Crippen LogP contribution in [0, 0.1) is 6.92 Å². The Morgan fingerprint density at radius 3 is 2.51 bits per heavy atom. The van der Waals surface area contributed by atoms with E-state index in [0.717, 1.165) is 16.8 Å². The minimum absolute atomic E-state index is 0.0505. The van der Waals surface area contributed by atoms with Gasteiger partial charge in [0.05, 0.1) is 6.54 Å². The van der Waals surface area contributed by atoms with Gasteiger partial charge < -0.3 is 15.2 Å². The third kappa shape index (κ3) is 5.40. The highest BCUT2D eigenvalue weighted by Gasteiger charge is 2.26. The van der Waals surface area contributed by atoms with Crippen molar-refractivity contribution in [2.24, 2.45) is 0 Å². The van der Waals surface area contributed by atoms with Crippen molar-refractivity contribution in [1.29, 1.82) is 0 Å².